The van der Waals surface area contributed by atoms with Crippen LogP contribution in [0, 0.1) is 5.92 Å². The van der Waals surface area contributed by atoms with Gasteiger partial charge in [0.15, 0.2) is 0 Å². The summed E-state index contributed by atoms with van der Waals surface area (Å²) in [6, 6.07) is 0. The minimum Gasteiger partial charge on any atom is -0.368 e. The largest absolute Gasteiger partial charge is 0.368 e. The molecule has 0 spiro atoms. The number of rotatable bonds is 9. The number of likely N-dealkylation sites (N-methyl/N-ethyl adjacent to an activating group) is 1. The highest BCUT2D eigenvalue weighted by Gasteiger charge is 2.29. The van der Waals surface area contributed by atoms with Crippen molar-refractivity contribution in [1.82, 2.24) is 10.2 Å². The summed E-state index contributed by atoms with van der Waals surface area (Å²) in [6.07, 6.45) is 1.94. The zero-order valence-electron chi connectivity index (χ0n) is 12.0. The van der Waals surface area contributed by atoms with Crippen molar-refractivity contribution in [1.29, 1.82) is 0 Å². The Morgan fingerprint density at radius 2 is 2.06 bits per heavy atom. The van der Waals surface area contributed by atoms with Crippen molar-refractivity contribution in [3.05, 3.63) is 0 Å². The van der Waals surface area contributed by atoms with Crippen molar-refractivity contribution in [2.45, 2.75) is 46.1 Å². The van der Waals surface area contributed by atoms with Crippen LogP contribution in [-0.2, 0) is 4.79 Å². The third-order valence-electron chi connectivity index (χ3n) is 3.74. The molecular formula is C13H29N3O. The molecule has 0 aromatic heterocycles. The molecule has 1 amide bonds. The molecule has 0 aromatic rings. The molecule has 0 fully saturated rings. The van der Waals surface area contributed by atoms with Gasteiger partial charge in [0.25, 0.3) is 0 Å². The zero-order valence-corrected chi connectivity index (χ0v) is 12.0. The molecule has 0 aliphatic heterocycles. The predicted octanol–water partition coefficient (Wildman–Crippen LogP) is 1.21. The Labute approximate surface area is 106 Å². The van der Waals surface area contributed by atoms with Gasteiger partial charge >= 0.3 is 0 Å². The van der Waals surface area contributed by atoms with E-state index in [4.69, 9.17) is 5.73 Å². The summed E-state index contributed by atoms with van der Waals surface area (Å²) in [5, 5.41) is 3.02. The van der Waals surface area contributed by atoms with E-state index in [-0.39, 0.29) is 5.91 Å². The Kier molecular flexibility index (Phi) is 7.39. The normalized spacial score (nSPS) is 16.8. The number of nitrogens with zero attached hydrogens (tertiary/aromatic N) is 1. The summed E-state index contributed by atoms with van der Waals surface area (Å²) in [5.74, 6) is 0.420. The molecule has 0 saturated carbocycles. The average molecular weight is 243 g/mol. The van der Waals surface area contributed by atoms with Gasteiger partial charge in [0.05, 0.1) is 5.54 Å². The lowest BCUT2D eigenvalue weighted by Crippen LogP contribution is -2.53. The maximum absolute atomic E-state index is 11.4. The molecule has 17 heavy (non-hydrogen) atoms. The Morgan fingerprint density at radius 1 is 1.47 bits per heavy atom. The molecule has 0 aliphatic carbocycles. The van der Waals surface area contributed by atoms with Gasteiger partial charge in [-0.2, -0.15) is 0 Å². The first-order valence-electron chi connectivity index (χ1n) is 6.60. The highest BCUT2D eigenvalue weighted by Crippen LogP contribution is 2.11. The van der Waals surface area contributed by atoms with E-state index in [1.54, 1.807) is 7.05 Å². The summed E-state index contributed by atoms with van der Waals surface area (Å²) in [7, 11) is 1.79. The first-order chi connectivity index (χ1) is 7.89. The number of amides is 1. The molecule has 0 heterocycles. The lowest BCUT2D eigenvalue weighted by Gasteiger charge is -2.30. The van der Waals surface area contributed by atoms with Gasteiger partial charge in [-0.3, -0.25) is 4.79 Å². The van der Waals surface area contributed by atoms with Crippen LogP contribution in [0.4, 0.5) is 0 Å². The second kappa shape index (κ2) is 7.67. The van der Waals surface area contributed by atoms with Crippen LogP contribution in [0.3, 0.4) is 0 Å². The van der Waals surface area contributed by atoms with Crippen molar-refractivity contribution >= 4 is 5.91 Å². The number of carbonyl (C=O) groups is 1. The summed E-state index contributed by atoms with van der Waals surface area (Å²) in [5.41, 5.74) is 4.82. The molecule has 4 heteroatoms. The highest BCUT2D eigenvalue weighted by atomic mass is 16.1. The van der Waals surface area contributed by atoms with Crippen LogP contribution in [0.25, 0.3) is 0 Å². The quantitative estimate of drug-likeness (QED) is 0.640. The lowest BCUT2D eigenvalue weighted by atomic mass is 9.96. The summed E-state index contributed by atoms with van der Waals surface area (Å²) < 4.78 is 0. The Morgan fingerprint density at radius 3 is 2.41 bits per heavy atom. The fourth-order valence-corrected chi connectivity index (χ4v) is 1.70. The molecule has 0 saturated heterocycles. The number of hydrogen-bond donors (Lipinski definition) is 2. The fourth-order valence-electron chi connectivity index (χ4n) is 1.70. The van der Waals surface area contributed by atoms with Crippen molar-refractivity contribution in [2.24, 2.45) is 11.7 Å². The third-order valence-corrected chi connectivity index (χ3v) is 3.74. The van der Waals surface area contributed by atoms with Crippen LogP contribution in [0.2, 0.25) is 0 Å². The van der Waals surface area contributed by atoms with Gasteiger partial charge in [-0.25, -0.2) is 0 Å². The third kappa shape index (κ3) is 5.50. The molecule has 0 aliphatic rings. The van der Waals surface area contributed by atoms with E-state index >= 15 is 0 Å². The van der Waals surface area contributed by atoms with Gasteiger partial charge in [-0.1, -0.05) is 27.2 Å². The Bertz CT molecular complexity index is 233. The minimum atomic E-state index is -0.594. The standard InChI is InChI=1S/C13H29N3O/c1-6-11(3)10-16(7-2)9-8-13(4,15-5)12(14)17/h11,15H,6-10H2,1-5H3,(H2,14,17). The smallest absolute Gasteiger partial charge is 0.237 e. The van der Waals surface area contributed by atoms with E-state index in [9.17, 15) is 4.79 Å². The molecule has 0 bridgehead atoms. The molecular weight excluding hydrogens is 214 g/mol. The number of primary amides is 1. The molecule has 0 radical (unpaired) electrons. The van der Waals surface area contributed by atoms with Crippen LogP contribution in [0.15, 0.2) is 0 Å². The molecule has 2 atom stereocenters. The van der Waals surface area contributed by atoms with E-state index in [1.807, 2.05) is 6.92 Å². The lowest BCUT2D eigenvalue weighted by molar-refractivity contribution is -0.124. The number of nitrogens with two attached hydrogens (primary N) is 1. The number of carbonyl (C=O) groups excluding carboxylic acids is 1. The van der Waals surface area contributed by atoms with Crippen LogP contribution < -0.4 is 11.1 Å². The van der Waals surface area contributed by atoms with Crippen LogP contribution in [-0.4, -0.2) is 43.0 Å². The van der Waals surface area contributed by atoms with E-state index in [0.29, 0.717) is 5.92 Å². The van der Waals surface area contributed by atoms with Gasteiger partial charge in [0, 0.05) is 13.1 Å². The van der Waals surface area contributed by atoms with E-state index in [1.165, 1.54) is 6.42 Å². The number of hydrogen-bond acceptors (Lipinski definition) is 3. The summed E-state index contributed by atoms with van der Waals surface area (Å²) in [4.78, 5) is 13.8. The fraction of sp³-hybridized carbons (Fsp3) is 0.923. The van der Waals surface area contributed by atoms with Gasteiger partial charge in [0.2, 0.25) is 5.91 Å². The van der Waals surface area contributed by atoms with E-state index in [2.05, 4.69) is 31.0 Å². The molecule has 3 N–H and O–H groups in total. The maximum Gasteiger partial charge on any atom is 0.237 e. The van der Waals surface area contributed by atoms with E-state index in [0.717, 1.165) is 26.1 Å². The monoisotopic (exact) mass is 243 g/mol. The van der Waals surface area contributed by atoms with Gasteiger partial charge < -0.3 is 16.0 Å². The predicted molar refractivity (Wildman–Crippen MR) is 72.8 cm³/mol. The first kappa shape index (κ1) is 16.4. The van der Waals surface area contributed by atoms with Crippen LogP contribution >= 0.6 is 0 Å². The Balaban J connectivity index is 4.26. The summed E-state index contributed by atoms with van der Waals surface area (Å²) in [6.45, 7) is 11.5. The summed E-state index contributed by atoms with van der Waals surface area (Å²) >= 11 is 0. The van der Waals surface area contributed by atoms with Crippen LogP contribution in [0.1, 0.15) is 40.5 Å². The van der Waals surface area contributed by atoms with Gasteiger partial charge in [-0.05, 0) is 32.9 Å². The SMILES string of the molecule is CCC(C)CN(CC)CCC(C)(NC)C(N)=O. The second-order valence-electron chi connectivity index (χ2n) is 5.10. The van der Waals surface area contributed by atoms with E-state index < -0.39 is 5.54 Å². The van der Waals surface area contributed by atoms with Crippen molar-refractivity contribution in [2.75, 3.05) is 26.7 Å². The molecule has 2 unspecified atom stereocenters. The molecule has 0 aromatic carbocycles. The van der Waals surface area contributed by atoms with Crippen molar-refractivity contribution in [3.8, 4) is 0 Å². The Hall–Kier alpha value is -0.610. The van der Waals surface area contributed by atoms with Gasteiger partial charge in [0.1, 0.15) is 0 Å². The van der Waals surface area contributed by atoms with Crippen LogP contribution in [0.5, 0.6) is 0 Å². The number of nitrogens with one attached hydrogen (secondary N) is 1. The minimum absolute atomic E-state index is 0.278. The average Bonchev–Trinajstić information content (AvgIpc) is 2.33. The second-order valence-corrected chi connectivity index (χ2v) is 5.10. The highest BCUT2D eigenvalue weighted by molar-refractivity contribution is 5.84. The molecule has 0 rings (SSSR count). The molecule has 4 nitrogen and oxygen atoms in total. The first-order valence-corrected chi connectivity index (χ1v) is 6.60. The maximum atomic E-state index is 11.4. The zero-order chi connectivity index (χ0) is 13.5. The van der Waals surface area contributed by atoms with Crippen molar-refractivity contribution in [3.63, 3.8) is 0 Å². The topological polar surface area (TPSA) is 58.4 Å². The molecule has 102 valence electrons. The van der Waals surface area contributed by atoms with Crippen molar-refractivity contribution < 1.29 is 4.79 Å². The van der Waals surface area contributed by atoms with Gasteiger partial charge in [-0.15, -0.1) is 0 Å².